The van der Waals surface area contributed by atoms with Gasteiger partial charge >= 0.3 is 0 Å². The second kappa shape index (κ2) is 9.67. The molecule has 176 valence electrons. The van der Waals surface area contributed by atoms with E-state index >= 15 is 0 Å². The predicted molar refractivity (Wildman–Crippen MR) is 146 cm³/mol. The fraction of sp³-hybridized carbons (Fsp3) is 0.125. The first kappa shape index (κ1) is 22.1. The number of para-hydroxylation sites is 1. The minimum Gasteiger partial charge on any atom is -0.367 e. The highest BCUT2D eigenvalue weighted by atomic mass is 15.5. The molecule has 0 spiro atoms. The van der Waals surface area contributed by atoms with Gasteiger partial charge in [0.1, 0.15) is 5.54 Å². The molecule has 1 aliphatic heterocycles. The molecule has 0 fully saturated rings. The Balaban J connectivity index is 1.48. The summed E-state index contributed by atoms with van der Waals surface area (Å²) in [6.45, 7) is 1.78. The van der Waals surface area contributed by atoms with Crippen molar-refractivity contribution in [3.63, 3.8) is 0 Å². The number of aromatic nitrogens is 3. The molecule has 0 radical (unpaired) electrons. The van der Waals surface area contributed by atoms with Gasteiger partial charge in [-0.2, -0.15) is 0 Å². The van der Waals surface area contributed by atoms with Crippen LogP contribution in [0.5, 0.6) is 0 Å². The molecule has 4 aromatic carbocycles. The third-order valence-corrected chi connectivity index (χ3v) is 7.05. The highest BCUT2D eigenvalue weighted by Gasteiger charge is 2.40. The van der Waals surface area contributed by atoms with Gasteiger partial charge in [0.25, 0.3) is 0 Å². The molecule has 1 aliphatic rings. The Kier molecular flexibility index (Phi) is 5.92. The van der Waals surface area contributed by atoms with Crippen molar-refractivity contribution >= 4 is 11.8 Å². The molecule has 0 N–H and O–H groups in total. The van der Waals surface area contributed by atoms with Crippen LogP contribution in [0.4, 0.5) is 5.69 Å². The average Bonchev–Trinajstić information content (AvgIpc) is 3.43. The molecule has 0 amide bonds. The SMILES string of the molecule is C1=Cc2ccccc2N(CCc2cnnn2C(c2ccccc2)(c2ccccc2)c2ccccc2)C1. The minimum absolute atomic E-state index is 0.644. The Morgan fingerprint density at radius 1 is 0.667 bits per heavy atom. The monoisotopic (exact) mass is 468 g/mol. The lowest BCUT2D eigenvalue weighted by molar-refractivity contribution is 0.430. The summed E-state index contributed by atoms with van der Waals surface area (Å²) in [5, 5.41) is 9.21. The van der Waals surface area contributed by atoms with Crippen LogP contribution in [-0.2, 0) is 12.0 Å². The van der Waals surface area contributed by atoms with Crippen molar-refractivity contribution in [2.24, 2.45) is 0 Å². The van der Waals surface area contributed by atoms with Crippen molar-refractivity contribution in [2.75, 3.05) is 18.0 Å². The van der Waals surface area contributed by atoms with Gasteiger partial charge in [0, 0.05) is 25.2 Å². The van der Waals surface area contributed by atoms with Crippen molar-refractivity contribution in [3.05, 3.63) is 155 Å². The predicted octanol–water partition coefficient (Wildman–Crippen LogP) is 6.19. The van der Waals surface area contributed by atoms with Crippen LogP contribution >= 0.6 is 0 Å². The lowest BCUT2D eigenvalue weighted by Crippen LogP contribution is -2.40. The number of anilines is 1. The second-order valence-corrected chi connectivity index (χ2v) is 9.10. The van der Waals surface area contributed by atoms with Gasteiger partial charge in [0.05, 0.1) is 11.9 Å². The largest absolute Gasteiger partial charge is 0.367 e. The first-order valence-corrected chi connectivity index (χ1v) is 12.4. The lowest BCUT2D eigenvalue weighted by atomic mass is 9.77. The number of benzene rings is 4. The summed E-state index contributed by atoms with van der Waals surface area (Å²) in [6.07, 6.45) is 7.20. The highest BCUT2D eigenvalue weighted by molar-refractivity contribution is 5.71. The molecule has 1 aromatic heterocycles. The van der Waals surface area contributed by atoms with Gasteiger partial charge < -0.3 is 4.90 Å². The maximum Gasteiger partial charge on any atom is 0.140 e. The van der Waals surface area contributed by atoms with Gasteiger partial charge in [0.2, 0.25) is 0 Å². The smallest absolute Gasteiger partial charge is 0.140 e. The number of rotatable bonds is 7. The molecule has 0 saturated heterocycles. The maximum atomic E-state index is 4.76. The highest BCUT2D eigenvalue weighted by Crippen LogP contribution is 2.41. The van der Waals surface area contributed by atoms with Crippen molar-refractivity contribution in [3.8, 4) is 0 Å². The van der Waals surface area contributed by atoms with Crippen LogP contribution in [0.25, 0.3) is 6.08 Å². The fourth-order valence-electron chi connectivity index (χ4n) is 5.40. The normalized spacial score (nSPS) is 12.9. The first-order chi connectivity index (χ1) is 17.9. The average molecular weight is 469 g/mol. The molecule has 4 nitrogen and oxygen atoms in total. The Hall–Kier alpha value is -4.44. The molecule has 5 aromatic rings. The van der Waals surface area contributed by atoms with E-state index < -0.39 is 5.54 Å². The molecule has 0 bridgehead atoms. The first-order valence-electron chi connectivity index (χ1n) is 12.4. The molecule has 0 saturated carbocycles. The number of fused-ring (bicyclic) bond motifs is 1. The van der Waals surface area contributed by atoms with E-state index in [1.54, 1.807) is 0 Å². The van der Waals surface area contributed by atoms with Crippen molar-refractivity contribution in [1.82, 2.24) is 15.0 Å². The maximum absolute atomic E-state index is 4.76. The zero-order chi connectivity index (χ0) is 24.2. The lowest BCUT2D eigenvalue weighted by Gasteiger charge is -2.37. The summed E-state index contributed by atoms with van der Waals surface area (Å²) in [5.74, 6) is 0. The van der Waals surface area contributed by atoms with Crippen molar-refractivity contribution in [2.45, 2.75) is 12.0 Å². The van der Waals surface area contributed by atoms with Crippen molar-refractivity contribution < 1.29 is 0 Å². The van der Waals surface area contributed by atoms with Gasteiger partial charge in [0.15, 0.2) is 0 Å². The zero-order valence-electron chi connectivity index (χ0n) is 20.1. The quantitative estimate of drug-likeness (QED) is 0.267. The van der Waals surface area contributed by atoms with Gasteiger partial charge in [-0.25, -0.2) is 4.68 Å². The van der Waals surface area contributed by atoms with E-state index in [2.05, 4.69) is 142 Å². The minimum atomic E-state index is -0.644. The van der Waals surface area contributed by atoms with Crippen LogP contribution in [0.2, 0.25) is 0 Å². The Morgan fingerprint density at radius 2 is 1.22 bits per heavy atom. The number of hydrogen-bond acceptors (Lipinski definition) is 3. The van der Waals surface area contributed by atoms with E-state index in [1.807, 2.05) is 6.20 Å². The van der Waals surface area contributed by atoms with Crippen molar-refractivity contribution in [1.29, 1.82) is 0 Å². The Morgan fingerprint density at radius 3 is 1.83 bits per heavy atom. The molecule has 4 heteroatoms. The fourth-order valence-corrected chi connectivity index (χ4v) is 5.40. The molecule has 0 aliphatic carbocycles. The van der Waals surface area contributed by atoms with Gasteiger partial charge in [-0.05, 0) is 28.3 Å². The third kappa shape index (κ3) is 3.81. The van der Waals surface area contributed by atoms with Gasteiger partial charge in [-0.3, -0.25) is 0 Å². The van der Waals surface area contributed by atoms with E-state index in [4.69, 9.17) is 5.21 Å². The third-order valence-electron chi connectivity index (χ3n) is 7.05. The Labute approximate surface area is 212 Å². The molecule has 0 atom stereocenters. The second-order valence-electron chi connectivity index (χ2n) is 9.10. The van der Waals surface area contributed by atoms with E-state index in [-0.39, 0.29) is 0 Å². The number of nitrogens with zero attached hydrogens (tertiary/aromatic N) is 4. The van der Waals surface area contributed by atoms with Crippen LogP contribution in [0.3, 0.4) is 0 Å². The molecular weight excluding hydrogens is 440 g/mol. The molecule has 6 rings (SSSR count). The van der Waals surface area contributed by atoms with Gasteiger partial charge in [-0.1, -0.05) is 127 Å². The summed E-state index contributed by atoms with van der Waals surface area (Å²) >= 11 is 0. The Bertz CT molecular complexity index is 1360. The summed E-state index contributed by atoms with van der Waals surface area (Å²) < 4.78 is 2.14. The molecule has 0 unspecified atom stereocenters. The van der Waals surface area contributed by atoms with Crippen LogP contribution in [0.15, 0.2) is 128 Å². The van der Waals surface area contributed by atoms with E-state index in [0.29, 0.717) is 0 Å². The van der Waals surface area contributed by atoms with Crippen LogP contribution in [0.1, 0.15) is 27.9 Å². The van der Waals surface area contributed by atoms with E-state index in [0.717, 1.165) is 41.9 Å². The van der Waals surface area contributed by atoms with Crippen LogP contribution < -0.4 is 4.90 Å². The topological polar surface area (TPSA) is 34.0 Å². The van der Waals surface area contributed by atoms with Crippen LogP contribution in [-0.4, -0.2) is 28.1 Å². The molecular formula is C32H28N4. The molecule has 2 heterocycles. The van der Waals surface area contributed by atoms with E-state index in [1.165, 1.54) is 11.3 Å². The summed E-state index contributed by atoms with van der Waals surface area (Å²) in [5.41, 5.74) is 6.46. The zero-order valence-corrected chi connectivity index (χ0v) is 20.1. The number of hydrogen-bond donors (Lipinski definition) is 0. The standard InChI is InChI=1S/C32H28N4/c1-4-15-27(16-5-1)32(28-17-6-2-7-18-28,29-19-8-3-9-20-29)36-30(25-33-34-36)22-24-35-23-12-14-26-13-10-11-21-31(26)35/h1-21,25H,22-24H2. The summed E-state index contributed by atoms with van der Waals surface area (Å²) in [4.78, 5) is 2.43. The van der Waals surface area contributed by atoms with Crippen LogP contribution in [0, 0.1) is 0 Å². The molecule has 36 heavy (non-hydrogen) atoms. The van der Waals surface area contributed by atoms with Gasteiger partial charge in [-0.15, -0.1) is 5.10 Å². The summed E-state index contributed by atoms with van der Waals surface area (Å²) in [6, 6.07) is 40.5. The summed E-state index contributed by atoms with van der Waals surface area (Å²) in [7, 11) is 0. The van der Waals surface area contributed by atoms with E-state index in [9.17, 15) is 0 Å².